The lowest BCUT2D eigenvalue weighted by Gasteiger charge is -2.35. The van der Waals surface area contributed by atoms with Crippen molar-refractivity contribution in [2.45, 2.75) is 62.5 Å². The minimum absolute atomic E-state index is 0.0117. The molecule has 0 aliphatic carbocycles. The van der Waals surface area contributed by atoms with Crippen molar-refractivity contribution in [3.8, 4) is 17.7 Å². The number of carbonyl (C=O) groups excluding carboxylic acids is 1. The van der Waals surface area contributed by atoms with Crippen molar-refractivity contribution in [2.75, 3.05) is 46.7 Å². The molecule has 2 aromatic rings. The number of hydrogen-bond acceptors (Lipinski definition) is 11. The van der Waals surface area contributed by atoms with Crippen molar-refractivity contribution in [1.82, 2.24) is 20.3 Å². The number of guanidine groups is 1. The lowest BCUT2D eigenvalue weighted by Crippen LogP contribution is -2.52. The van der Waals surface area contributed by atoms with Crippen molar-refractivity contribution < 1.29 is 42.0 Å². The minimum Gasteiger partial charge on any atom is -0.454 e. The molecule has 3 aliphatic heterocycles. The molecule has 0 unspecified atom stereocenters. The fourth-order valence-corrected chi connectivity index (χ4v) is 7.76. The molecule has 2 saturated heterocycles. The smallest absolute Gasteiger partial charge is 0.407 e. The summed E-state index contributed by atoms with van der Waals surface area (Å²) in [7, 11) is -2.67. The molecule has 2 fully saturated rings. The van der Waals surface area contributed by atoms with Crippen LogP contribution in [-0.4, -0.2) is 101 Å². The zero-order chi connectivity index (χ0) is 35.0. The fourth-order valence-electron chi connectivity index (χ4n) is 6.10. The van der Waals surface area contributed by atoms with Crippen LogP contribution in [0.3, 0.4) is 0 Å². The highest BCUT2D eigenvalue weighted by molar-refractivity contribution is 7.89. The normalized spacial score (nSPS) is 21.5. The molecular weight excluding hydrogens is 656 g/mol. The maximum absolute atomic E-state index is 14.3. The average Bonchev–Trinajstić information content (AvgIpc) is 3.83. The molecule has 49 heavy (non-hydrogen) atoms. The highest BCUT2D eigenvalue weighted by Gasteiger charge is 2.44. The third-order valence-corrected chi connectivity index (χ3v) is 10.6. The SMILES string of the molecule is CN=C(NC#N)NCCC(C)(C)CN(C[C@@H](O)[C@H](Cc1ccccc1)NC(=O)O[C@H]1CO[C@H]2OCC[C@H]21)S(=O)(=O)c1ccc2c(c1)OCO2. The van der Waals surface area contributed by atoms with Gasteiger partial charge in [0.1, 0.15) is 6.10 Å². The Kier molecular flexibility index (Phi) is 11.8. The van der Waals surface area contributed by atoms with Crippen molar-refractivity contribution in [2.24, 2.45) is 16.3 Å². The van der Waals surface area contributed by atoms with E-state index in [-0.39, 0.29) is 43.7 Å². The maximum atomic E-state index is 14.3. The Balaban J connectivity index is 1.36. The van der Waals surface area contributed by atoms with Crippen molar-refractivity contribution in [3.63, 3.8) is 0 Å². The first-order chi connectivity index (χ1) is 23.5. The third-order valence-electron chi connectivity index (χ3n) is 8.78. The molecule has 15 nitrogen and oxygen atoms in total. The van der Waals surface area contributed by atoms with E-state index in [1.807, 2.05) is 50.4 Å². The monoisotopic (exact) mass is 700 g/mol. The first-order valence-corrected chi connectivity index (χ1v) is 17.6. The van der Waals surface area contributed by atoms with Gasteiger partial charge in [-0.1, -0.05) is 44.2 Å². The number of rotatable bonds is 14. The number of hydrogen-bond donors (Lipinski definition) is 4. The minimum atomic E-state index is -4.21. The van der Waals surface area contributed by atoms with Gasteiger partial charge in [-0.3, -0.25) is 10.3 Å². The average molecular weight is 701 g/mol. The number of carbonyl (C=O) groups is 1. The number of amides is 1. The molecule has 5 atom stereocenters. The van der Waals surface area contributed by atoms with Gasteiger partial charge in [0.15, 0.2) is 24.0 Å². The predicted octanol–water partition coefficient (Wildman–Crippen LogP) is 1.93. The van der Waals surface area contributed by atoms with Crippen LogP contribution in [0.15, 0.2) is 58.4 Å². The third kappa shape index (κ3) is 9.31. The molecule has 4 N–H and O–H groups in total. The summed E-state index contributed by atoms with van der Waals surface area (Å²) >= 11 is 0. The van der Waals surface area contributed by atoms with E-state index in [9.17, 15) is 18.3 Å². The summed E-state index contributed by atoms with van der Waals surface area (Å²) in [5.41, 5.74) is 0.210. The largest absolute Gasteiger partial charge is 0.454 e. The second kappa shape index (κ2) is 16.0. The molecule has 3 heterocycles. The Labute approximate surface area is 286 Å². The summed E-state index contributed by atoms with van der Waals surface area (Å²) in [5, 5.41) is 29.0. The van der Waals surface area contributed by atoms with E-state index in [1.54, 1.807) is 0 Å². The van der Waals surface area contributed by atoms with E-state index >= 15 is 0 Å². The van der Waals surface area contributed by atoms with Crippen LogP contribution in [0.2, 0.25) is 0 Å². The van der Waals surface area contributed by atoms with Crippen LogP contribution in [0.1, 0.15) is 32.3 Å². The molecule has 0 bridgehead atoms. The van der Waals surface area contributed by atoms with Gasteiger partial charge in [-0.05, 0) is 42.4 Å². The number of nitrogens with one attached hydrogen (secondary N) is 3. The van der Waals surface area contributed by atoms with Gasteiger partial charge in [-0.2, -0.15) is 9.57 Å². The Morgan fingerprint density at radius 2 is 1.96 bits per heavy atom. The van der Waals surface area contributed by atoms with E-state index < -0.39 is 46.1 Å². The number of aliphatic imine (C=N–C) groups is 1. The number of aliphatic hydroxyl groups excluding tert-OH is 1. The molecule has 0 saturated carbocycles. The molecule has 0 aromatic heterocycles. The van der Waals surface area contributed by atoms with Gasteiger partial charge in [0, 0.05) is 32.7 Å². The van der Waals surface area contributed by atoms with Gasteiger partial charge in [-0.25, -0.2) is 13.2 Å². The van der Waals surface area contributed by atoms with Crippen LogP contribution >= 0.6 is 0 Å². The maximum Gasteiger partial charge on any atom is 0.407 e. The number of aliphatic hydroxyl groups is 1. The highest BCUT2D eigenvalue weighted by Crippen LogP contribution is 2.36. The second-order valence-electron chi connectivity index (χ2n) is 12.9. The predicted molar refractivity (Wildman–Crippen MR) is 177 cm³/mol. The zero-order valence-corrected chi connectivity index (χ0v) is 28.6. The molecule has 3 aliphatic rings. The number of benzene rings is 2. The van der Waals surface area contributed by atoms with Crippen molar-refractivity contribution in [3.05, 3.63) is 54.1 Å². The van der Waals surface area contributed by atoms with Gasteiger partial charge < -0.3 is 39.4 Å². The van der Waals surface area contributed by atoms with E-state index in [4.69, 9.17) is 28.9 Å². The number of fused-ring (bicyclic) bond motifs is 2. The van der Waals surface area contributed by atoms with Crippen LogP contribution in [0, 0.1) is 22.8 Å². The first kappa shape index (κ1) is 36.1. The molecule has 5 rings (SSSR count). The summed E-state index contributed by atoms with van der Waals surface area (Å²) < 4.78 is 57.5. The summed E-state index contributed by atoms with van der Waals surface area (Å²) in [5.74, 6) is 0.960. The first-order valence-electron chi connectivity index (χ1n) is 16.2. The number of alkyl carbamates (subject to hydrolysis) is 1. The topological polar surface area (TPSA) is 193 Å². The van der Waals surface area contributed by atoms with Crippen LogP contribution in [0.5, 0.6) is 11.5 Å². The van der Waals surface area contributed by atoms with Gasteiger partial charge in [0.05, 0.1) is 36.2 Å². The molecular formula is C33H44N6O9S. The highest BCUT2D eigenvalue weighted by atomic mass is 32.2. The van der Waals surface area contributed by atoms with Gasteiger partial charge in [0.2, 0.25) is 22.8 Å². The van der Waals surface area contributed by atoms with Gasteiger partial charge in [-0.15, -0.1) is 0 Å². The van der Waals surface area contributed by atoms with Gasteiger partial charge in [0.25, 0.3) is 0 Å². The van der Waals surface area contributed by atoms with Crippen LogP contribution in [0.25, 0.3) is 0 Å². The lowest BCUT2D eigenvalue weighted by atomic mass is 9.89. The Bertz CT molecular complexity index is 1620. The Morgan fingerprint density at radius 1 is 1.18 bits per heavy atom. The molecule has 16 heteroatoms. The summed E-state index contributed by atoms with van der Waals surface area (Å²) in [6, 6.07) is 12.8. The van der Waals surface area contributed by atoms with E-state index in [0.717, 1.165) is 5.56 Å². The van der Waals surface area contributed by atoms with Crippen LogP contribution in [0.4, 0.5) is 4.79 Å². The number of nitriles is 1. The Morgan fingerprint density at radius 3 is 2.71 bits per heavy atom. The molecule has 266 valence electrons. The lowest BCUT2D eigenvalue weighted by molar-refractivity contribution is -0.0907. The standard InChI is InChI=1S/C33H44N6O9S/c1-33(2,12-13-36-31(35-3)37-20-34)19-39(49(42,43)23-9-10-27-28(16-23)47-21-46-27)17-26(40)25(15-22-7-5-4-6-8-22)38-32(41)48-29-18-45-30-24(29)11-14-44-30/h4-10,16,24-26,29-30,40H,11-15,17-19,21H2,1-3H3,(H,38,41)(H2,35,36,37)/t24-,25-,26+,29-,30+/m0/s1. The summed E-state index contributed by atoms with van der Waals surface area (Å²) in [6.07, 6.45) is 0.237. The second-order valence-corrected chi connectivity index (χ2v) is 14.9. The zero-order valence-electron chi connectivity index (χ0n) is 27.8. The van der Waals surface area contributed by atoms with Gasteiger partial charge >= 0.3 is 6.09 Å². The Hall–Kier alpha value is -4.14. The van der Waals surface area contributed by atoms with Crippen LogP contribution < -0.4 is 25.4 Å². The van der Waals surface area contributed by atoms with E-state index in [0.29, 0.717) is 43.5 Å². The van der Waals surface area contributed by atoms with Crippen molar-refractivity contribution in [1.29, 1.82) is 5.26 Å². The van der Waals surface area contributed by atoms with E-state index in [2.05, 4.69) is 20.9 Å². The van der Waals surface area contributed by atoms with Crippen LogP contribution in [-0.2, 0) is 30.7 Å². The molecule has 0 spiro atoms. The number of nitrogens with zero attached hydrogens (tertiary/aromatic N) is 3. The van der Waals surface area contributed by atoms with Crippen molar-refractivity contribution >= 4 is 22.1 Å². The summed E-state index contributed by atoms with van der Waals surface area (Å²) in [4.78, 5) is 17.2. The quantitative estimate of drug-likeness (QED) is 0.0970. The molecule has 0 radical (unpaired) electrons. The number of sulfonamides is 1. The van der Waals surface area contributed by atoms with E-state index in [1.165, 1.54) is 29.6 Å². The molecule has 2 aromatic carbocycles. The summed E-state index contributed by atoms with van der Waals surface area (Å²) in [6.45, 7) is 4.58. The fraction of sp³-hybridized carbons (Fsp3) is 0.545. The molecule has 1 amide bonds. The number of ether oxygens (including phenoxy) is 5.